The fourth-order valence-electron chi connectivity index (χ4n) is 3.66. The van der Waals surface area contributed by atoms with Gasteiger partial charge in [0.2, 0.25) is 5.91 Å². The Balaban J connectivity index is 1.54. The maximum absolute atomic E-state index is 12.7. The summed E-state index contributed by atoms with van der Waals surface area (Å²) >= 11 is 0. The minimum Gasteiger partial charge on any atom is -0.383 e. The van der Waals surface area contributed by atoms with Gasteiger partial charge in [-0.1, -0.05) is 6.07 Å². The molecule has 2 aliphatic heterocycles. The lowest BCUT2D eigenvalue weighted by Gasteiger charge is -2.38. The zero-order valence-corrected chi connectivity index (χ0v) is 13.3. The van der Waals surface area contributed by atoms with Crippen molar-refractivity contribution in [1.82, 2.24) is 14.8 Å². The summed E-state index contributed by atoms with van der Waals surface area (Å²) in [6.45, 7) is 5.19. The monoisotopic (exact) mass is 303 g/mol. The molecule has 1 aromatic rings. The Labute approximate surface area is 132 Å². The molecule has 0 unspecified atom stereocenters. The van der Waals surface area contributed by atoms with Crippen LogP contribution in [0.15, 0.2) is 24.5 Å². The van der Waals surface area contributed by atoms with Gasteiger partial charge in [-0.3, -0.25) is 14.7 Å². The van der Waals surface area contributed by atoms with Crippen molar-refractivity contribution in [3.63, 3.8) is 0 Å². The Kier molecular flexibility index (Phi) is 4.74. The number of ether oxygens (including phenoxy) is 1. The molecule has 3 heterocycles. The molecule has 5 nitrogen and oxygen atoms in total. The largest absolute Gasteiger partial charge is 0.383 e. The van der Waals surface area contributed by atoms with Gasteiger partial charge in [-0.25, -0.2) is 0 Å². The highest BCUT2D eigenvalue weighted by atomic mass is 16.5. The number of likely N-dealkylation sites (tertiary alicyclic amines) is 2. The van der Waals surface area contributed by atoms with E-state index in [9.17, 15) is 4.79 Å². The fourth-order valence-corrected chi connectivity index (χ4v) is 3.66. The van der Waals surface area contributed by atoms with Gasteiger partial charge < -0.3 is 9.64 Å². The van der Waals surface area contributed by atoms with Gasteiger partial charge >= 0.3 is 0 Å². The molecule has 0 N–H and O–H groups in total. The summed E-state index contributed by atoms with van der Waals surface area (Å²) < 4.78 is 5.10. The third kappa shape index (κ3) is 3.15. The zero-order chi connectivity index (χ0) is 15.4. The highest BCUT2D eigenvalue weighted by molar-refractivity contribution is 5.85. The second-order valence-electron chi connectivity index (χ2n) is 6.45. The Morgan fingerprint density at radius 3 is 2.73 bits per heavy atom. The van der Waals surface area contributed by atoms with Crippen molar-refractivity contribution in [3.8, 4) is 0 Å². The number of carbonyl (C=O) groups is 1. The van der Waals surface area contributed by atoms with Crippen LogP contribution in [-0.4, -0.2) is 60.6 Å². The van der Waals surface area contributed by atoms with Crippen LogP contribution >= 0.6 is 0 Å². The lowest BCUT2D eigenvalue weighted by molar-refractivity contribution is -0.138. The van der Waals surface area contributed by atoms with Gasteiger partial charge in [-0.15, -0.1) is 0 Å². The standard InChI is InChI=1S/C17H25N3O2/c1-22-12-11-20-10-6-17(16(20)21)4-8-19(9-5-17)14-15-3-2-7-18-13-15/h2-3,7,13H,4-6,8-12,14H2,1H3. The number of hydrogen-bond acceptors (Lipinski definition) is 4. The Bertz CT molecular complexity index is 498. The van der Waals surface area contributed by atoms with Crippen molar-refractivity contribution in [2.75, 3.05) is 39.9 Å². The zero-order valence-electron chi connectivity index (χ0n) is 13.3. The van der Waals surface area contributed by atoms with Crippen molar-refractivity contribution in [3.05, 3.63) is 30.1 Å². The molecule has 120 valence electrons. The molecule has 0 atom stereocenters. The molecule has 0 saturated carbocycles. The average Bonchev–Trinajstić information content (AvgIpc) is 2.85. The van der Waals surface area contributed by atoms with Crippen LogP contribution in [0.3, 0.4) is 0 Å². The smallest absolute Gasteiger partial charge is 0.229 e. The summed E-state index contributed by atoms with van der Waals surface area (Å²) in [5.41, 5.74) is 1.15. The first-order valence-electron chi connectivity index (χ1n) is 8.13. The highest BCUT2D eigenvalue weighted by Gasteiger charge is 2.47. The van der Waals surface area contributed by atoms with E-state index in [4.69, 9.17) is 4.74 Å². The Hall–Kier alpha value is -1.46. The molecule has 2 saturated heterocycles. The lowest BCUT2D eigenvalue weighted by Crippen LogP contribution is -2.44. The number of carbonyl (C=O) groups excluding carboxylic acids is 1. The summed E-state index contributed by atoms with van der Waals surface area (Å²) in [4.78, 5) is 21.3. The lowest BCUT2D eigenvalue weighted by atomic mass is 9.77. The molecule has 1 aromatic heterocycles. The van der Waals surface area contributed by atoms with Gasteiger partial charge in [-0.05, 0) is 44.0 Å². The number of pyridine rings is 1. The SMILES string of the molecule is COCCN1CCC2(CCN(Cc3cccnc3)CC2)C1=O. The summed E-state index contributed by atoms with van der Waals surface area (Å²) in [6, 6.07) is 4.10. The molecule has 5 heteroatoms. The number of aromatic nitrogens is 1. The molecule has 0 radical (unpaired) electrons. The molecule has 22 heavy (non-hydrogen) atoms. The highest BCUT2D eigenvalue weighted by Crippen LogP contribution is 2.41. The first kappa shape index (κ1) is 15.4. The minimum atomic E-state index is -0.0980. The van der Waals surface area contributed by atoms with Crippen molar-refractivity contribution in [1.29, 1.82) is 0 Å². The third-order valence-corrected chi connectivity index (χ3v) is 5.11. The molecular weight excluding hydrogens is 278 g/mol. The molecule has 3 rings (SSSR count). The summed E-state index contributed by atoms with van der Waals surface area (Å²) in [7, 11) is 1.69. The van der Waals surface area contributed by atoms with Crippen molar-refractivity contribution in [2.45, 2.75) is 25.8 Å². The number of amides is 1. The molecule has 0 aromatic carbocycles. The number of piperidine rings is 1. The Morgan fingerprint density at radius 1 is 1.27 bits per heavy atom. The maximum Gasteiger partial charge on any atom is 0.229 e. The fraction of sp³-hybridized carbons (Fsp3) is 0.647. The molecule has 1 amide bonds. The second-order valence-corrected chi connectivity index (χ2v) is 6.45. The molecule has 2 fully saturated rings. The van der Waals surface area contributed by atoms with Crippen LogP contribution < -0.4 is 0 Å². The van der Waals surface area contributed by atoms with Gasteiger partial charge in [0.05, 0.1) is 12.0 Å². The van der Waals surface area contributed by atoms with Gasteiger partial charge in [0.1, 0.15) is 0 Å². The van der Waals surface area contributed by atoms with E-state index in [0.29, 0.717) is 12.5 Å². The van der Waals surface area contributed by atoms with Crippen LogP contribution in [-0.2, 0) is 16.1 Å². The van der Waals surface area contributed by atoms with E-state index in [0.717, 1.165) is 52.0 Å². The molecule has 0 aliphatic carbocycles. The van der Waals surface area contributed by atoms with E-state index in [-0.39, 0.29) is 5.41 Å². The summed E-state index contributed by atoms with van der Waals surface area (Å²) in [5.74, 6) is 0.352. The van der Waals surface area contributed by atoms with Gasteiger partial charge in [-0.2, -0.15) is 0 Å². The van der Waals surface area contributed by atoms with Gasteiger partial charge in [0, 0.05) is 39.1 Å². The summed E-state index contributed by atoms with van der Waals surface area (Å²) in [5, 5.41) is 0. The van der Waals surface area contributed by atoms with Crippen molar-refractivity contribution >= 4 is 5.91 Å². The van der Waals surface area contributed by atoms with Crippen LogP contribution in [0, 0.1) is 5.41 Å². The van der Waals surface area contributed by atoms with E-state index in [1.807, 2.05) is 17.2 Å². The van der Waals surface area contributed by atoms with Gasteiger partial charge in [0.15, 0.2) is 0 Å². The summed E-state index contributed by atoms with van der Waals surface area (Å²) in [6.07, 6.45) is 6.71. The Morgan fingerprint density at radius 2 is 2.05 bits per heavy atom. The van der Waals surface area contributed by atoms with Crippen LogP contribution in [0.1, 0.15) is 24.8 Å². The van der Waals surface area contributed by atoms with Gasteiger partial charge in [0.25, 0.3) is 0 Å². The van der Waals surface area contributed by atoms with Crippen LogP contribution in [0.5, 0.6) is 0 Å². The van der Waals surface area contributed by atoms with E-state index >= 15 is 0 Å². The van der Waals surface area contributed by atoms with Crippen molar-refractivity contribution in [2.24, 2.45) is 5.41 Å². The number of hydrogen-bond donors (Lipinski definition) is 0. The maximum atomic E-state index is 12.7. The predicted octanol–water partition coefficient (Wildman–Crippen LogP) is 1.54. The minimum absolute atomic E-state index is 0.0980. The topological polar surface area (TPSA) is 45.7 Å². The van der Waals surface area contributed by atoms with Crippen LogP contribution in [0.2, 0.25) is 0 Å². The van der Waals surface area contributed by atoms with E-state index < -0.39 is 0 Å². The first-order chi connectivity index (χ1) is 10.7. The van der Waals surface area contributed by atoms with Crippen LogP contribution in [0.4, 0.5) is 0 Å². The quantitative estimate of drug-likeness (QED) is 0.828. The number of methoxy groups -OCH3 is 1. The third-order valence-electron chi connectivity index (χ3n) is 5.11. The average molecular weight is 303 g/mol. The number of rotatable bonds is 5. The predicted molar refractivity (Wildman–Crippen MR) is 84.3 cm³/mol. The molecule has 1 spiro atoms. The normalized spacial score (nSPS) is 21.7. The first-order valence-corrected chi connectivity index (χ1v) is 8.13. The molecule has 2 aliphatic rings. The van der Waals surface area contributed by atoms with E-state index in [1.165, 1.54) is 5.56 Å². The number of nitrogens with zero attached hydrogens (tertiary/aromatic N) is 3. The van der Waals surface area contributed by atoms with Crippen LogP contribution in [0.25, 0.3) is 0 Å². The van der Waals surface area contributed by atoms with Crippen molar-refractivity contribution < 1.29 is 9.53 Å². The van der Waals surface area contributed by atoms with E-state index in [1.54, 1.807) is 13.3 Å². The molecular formula is C17H25N3O2. The second kappa shape index (κ2) is 6.75. The molecule has 0 bridgehead atoms. The van der Waals surface area contributed by atoms with E-state index in [2.05, 4.69) is 16.0 Å².